The van der Waals surface area contributed by atoms with E-state index in [-0.39, 0.29) is 6.03 Å². The SMILES string of the molecule is Cc1ccc(Cl)cc1NC(=O)N(C)C(C)C1CC1. The monoisotopic (exact) mass is 266 g/mol. The Hall–Kier alpha value is -1.22. The molecule has 2 rings (SSSR count). The van der Waals surface area contributed by atoms with Gasteiger partial charge in [0.05, 0.1) is 0 Å². The molecule has 1 aliphatic rings. The Bertz CT molecular complexity index is 457. The summed E-state index contributed by atoms with van der Waals surface area (Å²) in [6, 6.07) is 5.74. The molecule has 1 unspecified atom stereocenters. The number of nitrogens with zero attached hydrogens (tertiary/aromatic N) is 1. The summed E-state index contributed by atoms with van der Waals surface area (Å²) in [6.07, 6.45) is 2.46. The molecule has 1 N–H and O–H groups in total. The average Bonchev–Trinajstić information content (AvgIpc) is 3.16. The summed E-state index contributed by atoms with van der Waals surface area (Å²) < 4.78 is 0. The molecule has 0 radical (unpaired) electrons. The summed E-state index contributed by atoms with van der Waals surface area (Å²) in [7, 11) is 1.85. The van der Waals surface area contributed by atoms with Gasteiger partial charge in [-0.05, 0) is 50.3 Å². The first-order valence-electron chi connectivity index (χ1n) is 6.29. The van der Waals surface area contributed by atoms with Gasteiger partial charge in [0.15, 0.2) is 0 Å². The molecule has 1 aromatic carbocycles. The van der Waals surface area contributed by atoms with Crippen molar-refractivity contribution < 1.29 is 4.79 Å². The Kier molecular flexibility index (Phi) is 3.81. The summed E-state index contributed by atoms with van der Waals surface area (Å²) in [5, 5.41) is 3.55. The Morgan fingerprint density at radius 2 is 2.17 bits per heavy atom. The van der Waals surface area contributed by atoms with Crippen molar-refractivity contribution in [1.82, 2.24) is 4.90 Å². The van der Waals surface area contributed by atoms with Gasteiger partial charge < -0.3 is 10.2 Å². The second-order valence-corrected chi connectivity index (χ2v) is 5.51. The van der Waals surface area contributed by atoms with Crippen molar-refractivity contribution in [3.05, 3.63) is 28.8 Å². The molecular formula is C14H19ClN2O. The molecule has 0 aliphatic heterocycles. The van der Waals surface area contributed by atoms with E-state index >= 15 is 0 Å². The number of urea groups is 1. The number of rotatable bonds is 3. The van der Waals surface area contributed by atoms with Gasteiger partial charge in [-0.1, -0.05) is 17.7 Å². The Labute approximate surface area is 113 Å². The Balaban J connectivity index is 2.03. The summed E-state index contributed by atoms with van der Waals surface area (Å²) in [5.41, 5.74) is 1.79. The van der Waals surface area contributed by atoms with Crippen LogP contribution in [-0.2, 0) is 0 Å². The lowest BCUT2D eigenvalue weighted by Crippen LogP contribution is -2.39. The Morgan fingerprint density at radius 1 is 1.50 bits per heavy atom. The fourth-order valence-electron chi connectivity index (χ4n) is 2.01. The van der Waals surface area contributed by atoms with Crippen LogP contribution in [0.2, 0.25) is 5.02 Å². The van der Waals surface area contributed by atoms with Crippen LogP contribution < -0.4 is 5.32 Å². The molecule has 0 saturated heterocycles. The van der Waals surface area contributed by atoms with E-state index in [9.17, 15) is 4.79 Å². The molecule has 1 saturated carbocycles. The summed E-state index contributed by atoms with van der Waals surface area (Å²) >= 11 is 5.94. The van der Waals surface area contributed by atoms with Crippen molar-refractivity contribution in [2.45, 2.75) is 32.7 Å². The molecule has 98 valence electrons. The first-order chi connectivity index (χ1) is 8.49. The van der Waals surface area contributed by atoms with Gasteiger partial charge in [-0.15, -0.1) is 0 Å². The number of hydrogen-bond acceptors (Lipinski definition) is 1. The van der Waals surface area contributed by atoms with Gasteiger partial charge in [0.25, 0.3) is 0 Å². The largest absolute Gasteiger partial charge is 0.325 e. The fraction of sp³-hybridized carbons (Fsp3) is 0.500. The van der Waals surface area contributed by atoms with Crippen molar-refractivity contribution in [1.29, 1.82) is 0 Å². The van der Waals surface area contributed by atoms with Gasteiger partial charge in [0, 0.05) is 23.8 Å². The number of aryl methyl sites for hydroxylation is 1. The van der Waals surface area contributed by atoms with Gasteiger partial charge in [0.2, 0.25) is 0 Å². The molecular weight excluding hydrogens is 248 g/mol. The van der Waals surface area contributed by atoms with Crippen molar-refractivity contribution >= 4 is 23.3 Å². The van der Waals surface area contributed by atoms with Gasteiger partial charge in [-0.3, -0.25) is 0 Å². The van der Waals surface area contributed by atoms with Crippen LogP contribution in [0.25, 0.3) is 0 Å². The molecule has 2 amide bonds. The van der Waals surface area contributed by atoms with E-state index in [1.54, 1.807) is 11.0 Å². The molecule has 0 heterocycles. The molecule has 0 bridgehead atoms. The second kappa shape index (κ2) is 5.19. The molecule has 4 heteroatoms. The van der Waals surface area contributed by atoms with Crippen LogP contribution in [0.4, 0.5) is 10.5 Å². The third-order valence-corrected chi connectivity index (χ3v) is 3.91. The first-order valence-corrected chi connectivity index (χ1v) is 6.67. The van der Waals surface area contributed by atoms with Crippen molar-refractivity contribution in [3.63, 3.8) is 0 Å². The van der Waals surface area contributed by atoms with Gasteiger partial charge in [-0.25, -0.2) is 4.79 Å². The van der Waals surface area contributed by atoms with Crippen LogP contribution >= 0.6 is 11.6 Å². The van der Waals surface area contributed by atoms with Crippen LogP contribution in [-0.4, -0.2) is 24.0 Å². The molecule has 0 aromatic heterocycles. The fourth-order valence-corrected chi connectivity index (χ4v) is 2.18. The number of amides is 2. The van der Waals surface area contributed by atoms with Gasteiger partial charge >= 0.3 is 6.03 Å². The lowest BCUT2D eigenvalue weighted by molar-refractivity contribution is 0.201. The van der Waals surface area contributed by atoms with Crippen LogP contribution in [0.1, 0.15) is 25.3 Å². The van der Waals surface area contributed by atoms with Crippen LogP contribution in [0.15, 0.2) is 18.2 Å². The van der Waals surface area contributed by atoms with E-state index in [4.69, 9.17) is 11.6 Å². The lowest BCUT2D eigenvalue weighted by Gasteiger charge is -2.25. The van der Waals surface area contributed by atoms with Crippen LogP contribution in [0.3, 0.4) is 0 Å². The number of nitrogens with one attached hydrogen (secondary N) is 1. The van der Waals surface area contributed by atoms with E-state index in [0.29, 0.717) is 17.0 Å². The normalized spacial score (nSPS) is 16.2. The third kappa shape index (κ3) is 2.96. The van der Waals surface area contributed by atoms with E-state index in [2.05, 4.69) is 12.2 Å². The second-order valence-electron chi connectivity index (χ2n) is 5.08. The first kappa shape index (κ1) is 13.2. The smallest absolute Gasteiger partial charge is 0.321 e. The quantitative estimate of drug-likeness (QED) is 0.884. The van der Waals surface area contributed by atoms with Crippen LogP contribution in [0, 0.1) is 12.8 Å². The third-order valence-electron chi connectivity index (χ3n) is 3.68. The summed E-state index contributed by atoms with van der Waals surface area (Å²) in [4.78, 5) is 13.9. The van der Waals surface area contributed by atoms with Gasteiger partial charge in [0.1, 0.15) is 0 Å². The maximum absolute atomic E-state index is 12.1. The maximum atomic E-state index is 12.1. The molecule has 1 aromatic rings. The number of benzene rings is 1. The minimum absolute atomic E-state index is 0.0697. The van der Waals surface area contributed by atoms with Gasteiger partial charge in [-0.2, -0.15) is 0 Å². The maximum Gasteiger partial charge on any atom is 0.321 e. The number of carbonyl (C=O) groups excluding carboxylic acids is 1. The minimum Gasteiger partial charge on any atom is -0.325 e. The molecule has 3 nitrogen and oxygen atoms in total. The zero-order valence-electron chi connectivity index (χ0n) is 11.0. The summed E-state index contributed by atoms with van der Waals surface area (Å²) in [5.74, 6) is 0.668. The lowest BCUT2D eigenvalue weighted by atomic mass is 10.2. The predicted molar refractivity (Wildman–Crippen MR) is 75.2 cm³/mol. The van der Waals surface area contributed by atoms with Crippen molar-refractivity contribution in [2.24, 2.45) is 5.92 Å². The number of carbonyl (C=O) groups is 1. The highest BCUT2D eigenvalue weighted by atomic mass is 35.5. The zero-order chi connectivity index (χ0) is 13.3. The molecule has 0 spiro atoms. The standard InChI is InChI=1S/C14H19ClN2O/c1-9-4-7-12(15)8-13(9)16-14(18)17(3)10(2)11-5-6-11/h4,7-8,10-11H,5-6H2,1-3H3,(H,16,18). The van der Waals surface area contributed by atoms with Crippen molar-refractivity contribution in [3.8, 4) is 0 Å². The Morgan fingerprint density at radius 3 is 2.78 bits per heavy atom. The summed E-state index contributed by atoms with van der Waals surface area (Å²) in [6.45, 7) is 4.05. The number of hydrogen-bond donors (Lipinski definition) is 1. The molecule has 18 heavy (non-hydrogen) atoms. The highest BCUT2D eigenvalue weighted by molar-refractivity contribution is 6.31. The number of halogens is 1. The van der Waals surface area contributed by atoms with E-state index in [0.717, 1.165) is 11.3 Å². The molecule has 1 fully saturated rings. The average molecular weight is 267 g/mol. The topological polar surface area (TPSA) is 32.3 Å². The zero-order valence-corrected chi connectivity index (χ0v) is 11.8. The highest BCUT2D eigenvalue weighted by Crippen LogP contribution is 2.34. The van der Waals surface area contributed by atoms with Crippen LogP contribution in [0.5, 0.6) is 0 Å². The minimum atomic E-state index is -0.0697. The molecule has 1 aliphatic carbocycles. The highest BCUT2D eigenvalue weighted by Gasteiger charge is 2.32. The van der Waals surface area contributed by atoms with E-state index in [1.165, 1.54) is 12.8 Å². The molecule has 1 atom stereocenters. The predicted octanol–water partition coefficient (Wildman–Crippen LogP) is 3.91. The van der Waals surface area contributed by atoms with Crippen molar-refractivity contribution in [2.75, 3.05) is 12.4 Å². The van der Waals surface area contributed by atoms with E-state index < -0.39 is 0 Å². The number of anilines is 1. The van der Waals surface area contributed by atoms with E-state index in [1.807, 2.05) is 26.1 Å².